The first kappa shape index (κ1) is 17.9. The van der Waals surface area contributed by atoms with Gasteiger partial charge in [-0.3, -0.25) is 0 Å². The van der Waals surface area contributed by atoms with E-state index >= 15 is 0 Å². The van der Waals surface area contributed by atoms with Gasteiger partial charge in [0.05, 0.1) is 0 Å². The van der Waals surface area contributed by atoms with E-state index in [1.807, 2.05) is 32.1 Å². The Morgan fingerprint density at radius 1 is 0.750 bits per heavy atom. The zero-order valence-electron chi connectivity index (χ0n) is 7.28. The molecule has 1 heteroatoms. The number of allylic oxidation sites excluding steroid dienone is 2. The molecule has 1 rings (SSSR count). The maximum absolute atomic E-state index is 3.25. The molecule has 0 heterocycles. The molecule has 0 spiro atoms. The molecule has 0 aromatic carbocycles. The van der Waals surface area contributed by atoms with Crippen molar-refractivity contribution in [1.29, 1.82) is 0 Å². The van der Waals surface area contributed by atoms with Gasteiger partial charge in [-0.25, -0.2) is 39.2 Å². The van der Waals surface area contributed by atoms with Crippen molar-refractivity contribution < 1.29 is 21.1 Å². The van der Waals surface area contributed by atoms with Crippen molar-refractivity contribution in [2.45, 2.75) is 0 Å². The average molecular weight is 243 g/mol. The first-order valence-corrected chi connectivity index (χ1v) is 3.30. The Balaban J connectivity index is -0.000000104. The summed E-state index contributed by atoms with van der Waals surface area (Å²) in [6, 6.07) is 0. The van der Waals surface area contributed by atoms with Crippen molar-refractivity contribution in [3.63, 3.8) is 0 Å². The fourth-order valence-electron chi connectivity index (χ4n) is 0.321. The summed E-state index contributed by atoms with van der Waals surface area (Å²) in [6.07, 6.45) is 13.0. The summed E-state index contributed by atoms with van der Waals surface area (Å²) in [7, 11) is 0. The van der Waals surface area contributed by atoms with Gasteiger partial charge >= 0.3 is 21.1 Å². The topological polar surface area (TPSA) is 0 Å². The molecule has 0 bridgehead atoms. The molecule has 12 heavy (non-hydrogen) atoms. The Morgan fingerprint density at radius 2 is 0.833 bits per heavy atom. The molecule has 0 unspecified atom stereocenters. The molecular weight excluding hydrogens is 228 g/mol. The van der Waals surface area contributed by atoms with Crippen molar-refractivity contribution in [1.82, 2.24) is 0 Å². The SMILES string of the molecule is C=C[CH2-].C=C[CH2-].[CH]1[CH][CH][CH][CH]1.[Mo+3]. The first-order valence-electron chi connectivity index (χ1n) is 3.30. The summed E-state index contributed by atoms with van der Waals surface area (Å²) in [6.45, 7) is 13.0. The Kier molecular flexibility index (Phi) is 33.4. The fraction of sp³-hybridized carbons (Fsp3) is 0. The van der Waals surface area contributed by atoms with Crippen LogP contribution in [0.4, 0.5) is 0 Å². The zero-order valence-corrected chi connectivity index (χ0v) is 9.29. The van der Waals surface area contributed by atoms with Crippen LogP contribution in [0.3, 0.4) is 0 Å². The van der Waals surface area contributed by atoms with Crippen LogP contribution in [0, 0.1) is 46.0 Å². The predicted octanol–water partition coefficient (Wildman–Crippen LogP) is 3.03. The van der Waals surface area contributed by atoms with Crippen LogP contribution in [0.2, 0.25) is 0 Å². The third-order valence-electron chi connectivity index (χ3n) is 0.556. The van der Waals surface area contributed by atoms with Crippen LogP contribution in [0.1, 0.15) is 0 Å². The Hall–Kier alpha value is -0.0917. The molecule has 0 aliphatic heterocycles. The van der Waals surface area contributed by atoms with E-state index in [4.69, 9.17) is 0 Å². The average Bonchev–Trinajstić information content (AvgIpc) is 2.44. The quantitative estimate of drug-likeness (QED) is 0.453. The van der Waals surface area contributed by atoms with Crippen LogP contribution in [-0.2, 0) is 21.1 Å². The Morgan fingerprint density at radius 3 is 0.917 bits per heavy atom. The molecule has 1 fully saturated rings. The molecular formula is C11H15Mo+. The van der Waals surface area contributed by atoms with Gasteiger partial charge in [0.1, 0.15) is 0 Å². The van der Waals surface area contributed by atoms with Crippen LogP contribution in [0.25, 0.3) is 0 Å². The van der Waals surface area contributed by atoms with Crippen molar-refractivity contribution in [2.75, 3.05) is 0 Å². The number of rotatable bonds is 0. The van der Waals surface area contributed by atoms with Gasteiger partial charge < -0.3 is 0 Å². The molecule has 0 saturated heterocycles. The Bertz CT molecular complexity index is 59.5. The standard InChI is InChI=1S/C5H5.2C3H5.Mo/c1-2-4-5-3-1;2*1-3-2;/h1-5H;2*3H,1-2H2;/q;2*-1;+3. The van der Waals surface area contributed by atoms with E-state index in [9.17, 15) is 0 Å². The molecule has 1 saturated carbocycles. The van der Waals surface area contributed by atoms with E-state index in [1.165, 1.54) is 12.2 Å². The van der Waals surface area contributed by atoms with Crippen molar-refractivity contribution in [2.24, 2.45) is 0 Å². The predicted molar refractivity (Wildman–Crippen MR) is 52.6 cm³/mol. The summed E-state index contributed by atoms with van der Waals surface area (Å²) in [4.78, 5) is 0. The molecule has 0 nitrogen and oxygen atoms in total. The largest absolute Gasteiger partial charge is 3.00 e. The van der Waals surface area contributed by atoms with Gasteiger partial charge in [-0.2, -0.15) is 0 Å². The third-order valence-corrected chi connectivity index (χ3v) is 0.556. The summed E-state index contributed by atoms with van der Waals surface area (Å²) in [5.74, 6) is 0. The minimum Gasteiger partial charge on any atom is -0.245 e. The third kappa shape index (κ3) is 32.6. The van der Waals surface area contributed by atoms with Crippen LogP contribution in [0.15, 0.2) is 25.3 Å². The minimum atomic E-state index is 0. The van der Waals surface area contributed by atoms with Gasteiger partial charge in [0.25, 0.3) is 0 Å². The van der Waals surface area contributed by atoms with Gasteiger partial charge in [-0.05, 0) is 32.1 Å². The number of hydrogen-bond donors (Lipinski definition) is 0. The van der Waals surface area contributed by atoms with Gasteiger partial charge in [-0.1, -0.05) is 0 Å². The molecule has 64 valence electrons. The van der Waals surface area contributed by atoms with E-state index in [0.717, 1.165) is 0 Å². The minimum absolute atomic E-state index is 0. The Labute approximate surface area is 92.4 Å². The van der Waals surface area contributed by atoms with E-state index < -0.39 is 0 Å². The normalized spacial score (nSPS) is 12.0. The van der Waals surface area contributed by atoms with E-state index in [0.29, 0.717) is 0 Å². The van der Waals surface area contributed by atoms with Gasteiger partial charge in [0.2, 0.25) is 0 Å². The van der Waals surface area contributed by atoms with Crippen LogP contribution < -0.4 is 0 Å². The maximum Gasteiger partial charge on any atom is 3.00 e. The molecule has 1 aliphatic rings. The van der Waals surface area contributed by atoms with Crippen molar-refractivity contribution in [3.8, 4) is 0 Å². The second kappa shape index (κ2) is 22.4. The van der Waals surface area contributed by atoms with Crippen LogP contribution in [-0.4, -0.2) is 0 Å². The van der Waals surface area contributed by atoms with Crippen molar-refractivity contribution in [3.05, 3.63) is 71.3 Å². The zero-order chi connectivity index (χ0) is 8.95. The second-order valence-corrected chi connectivity index (χ2v) is 1.54. The molecule has 0 aromatic heterocycles. The number of hydrogen-bond acceptors (Lipinski definition) is 0. The van der Waals surface area contributed by atoms with E-state index in [2.05, 4.69) is 27.0 Å². The van der Waals surface area contributed by atoms with Gasteiger partial charge in [-0.15, -0.1) is 0 Å². The van der Waals surface area contributed by atoms with Gasteiger partial charge in [0, 0.05) is 0 Å². The molecule has 0 aromatic rings. The summed E-state index contributed by atoms with van der Waals surface area (Å²) in [5.41, 5.74) is 0. The monoisotopic (exact) mass is 245 g/mol. The fourth-order valence-corrected chi connectivity index (χ4v) is 0.321. The molecule has 1 aliphatic carbocycles. The first-order chi connectivity index (χ1) is 5.33. The summed E-state index contributed by atoms with van der Waals surface area (Å²) >= 11 is 0. The summed E-state index contributed by atoms with van der Waals surface area (Å²) < 4.78 is 0. The second-order valence-electron chi connectivity index (χ2n) is 1.54. The maximum atomic E-state index is 3.25. The molecule has 0 N–H and O–H groups in total. The van der Waals surface area contributed by atoms with Crippen LogP contribution in [0.5, 0.6) is 0 Å². The smallest absolute Gasteiger partial charge is 0.245 e. The van der Waals surface area contributed by atoms with Gasteiger partial charge in [0.15, 0.2) is 0 Å². The van der Waals surface area contributed by atoms with Crippen LogP contribution >= 0.6 is 0 Å². The molecule has 6 radical (unpaired) electrons. The van der Waals surface area contributed by atoms with E-state index in [-0.39, 0.29) is 21.1 Å². The van der Waals surface area contributed by atoms with Crippen molar-refractivity contribution >= 4 is 0 Å². The summed E-state index contributed by atoms with van der Waals surface area (Å²) in [5, 5.41) is 0. The molecule has 0 amide bonds. The van der Waals surface area contributed by atoms with E-state index in [1.54, 1.807) is 0 Å². The molecule has 0 atom stereocenters.